The molecule has 3 atom stereocenters. The average molecular weight is 301 g/mol. The number of hydrogen-bond acceptors (Lipinski definition) is 3. The van der Waals surface area contributed by atoms with E-state index in [1.807, 2.05) is 31.8 Å². The Morgan fingerprint density at radius 1 is 1.60 bits per heavy atom. The number of nitrogens with zero attached hydrogens (tertiary/aromatic N) is 2. The molecule has 1 amide bonds. The molecule has 5 nitrogen and oxygen atoms in total. The summed E-state index contributed by atoms with van der Waals surface area (Å²) in [7, 11) is 1.91. The third kappa shape index (κ3) is 3.73. The van der Waals surface area contributed by atoms with Crippen molar-refractivity contribution >= 4 is 18.3 Å². The summed E-state index contributed by atoms with van der Waals surface area (Å²) in [5.74, 6) is 0.445. The first-order chi connectivity index (χ1) is 8.99. The molecule has 1 saturated carbocycles. The van der Waals surface area contributed by atoms with Gasteiger partial charge in [0.25, 0.3) is 0 Å². The van der Waals surface area contributed by atoms with Crippen LogP contribution in [0.3, 0.4) is 0 Å². The summed E-state index contributed by atoms with van der Waals surface area (Å²) >= 11 is 0. The van der Waals surface area contributed by atoms with Crippen LogP contribution in [-0.2, 0) is 11.8 Å². The van der Waals surface area contributed by atoms with Gasteiger partial charge in [-0.05, 0) is 32.6 Å². The molecule has 3 N–H and O–H groups in total. The van der Waals surface area contributed by atoms with Crippen LogP contribution in [0.5, 0.6) is 0 Å². The maximum atomic E-state index is 12.1. The van der Waals surface area contributed by atoms with Gasteiger partial charge in [0.05, 0.1) is 12.2 Å². The van der Waals surface area contributed by atoms with Crippen LogP contribution < -0.4 is 11.1 Å². The Hall–Kier alpha value is -1.07. The quantitative estimate of drug-likeness (QED) is 0.891. The standard InChI is InChI=1S/C14H24N4O.ClH/c1-9(12-8-16-18(3)10(12)2)17-14(19)7-11-5-4-6-13(11)15;/h8-9,11,13H,4-7,15H2,1-3H3,(H,17,19);1H/t9?,11-,13+;/m0./s1. The number of amides is 1. The van der Waals surface area contributed by atoms with Gasteiger partial charge in [-0.1, -0.05) is 6.42 Å². The SMILES string of the molecule is Cc1c(C(C)NC(=O)C[C@@H]2CCC[C@H]2N)cnn1C.Cl. The van der Waals surface area contributed by atoms with Gasteiger partial charge in [-0.3, -0.25) is 9.48 Å². The lowest BCUT2D eigenvalue weighted by atomic mass is 9.99. The normalized spacial score (nSPS) is 23.2. The van der Waals surface area contributed by atoms with Crippen LogP contribution in [0.25, 0.3) is 0 Å². The van der Waals surface area contributed by atoms with E-state index >= 15 is 0 Å². The van der Waals surface area contributed by atoms with Crippen LogP contribution in [0.1, 0.15) is 49.9 Å². The molecule has 0 aromatic carbocycles. The highest BCUT2D eigenvalue weighted by molar-refractivity contribution is 5.85. The summed E-state index contributed by atoms with van der Waals surface area (Å²) in [6.45, 7) is 4.01. The Kier molecular flexibility index (Phi) is 6.02. The van der Waals surface area contributed by atoms with E-state index in [1.165, 1.54) is 0 Å². The lowest BCUT2D eigenvalue weighted by molar-refractivity contribution is -0.122. The summed E-state index contributed by atoms with van der Waals surface area (Å²) in [5, 5.41) is 7.26. The first-order valence-electron chi connectivity index (χ1n) is 7.02. The smallest absolute Gasteiger partial charge is 0.220 e. The van der Waals surface area contributed by atoms with Gasteiger partial charge in [0.15, 0.2) is 0 Å². The Bertz CT molecular complexity index is 460. The molecule has 1 fully saturated rings. The highest BCUT2D eigenvalue weighted by Gasteiger charge is 2.26. The van der Waals surface area contributed by atoms with Gasteiger partial charge in [0.1, 0.15) is 0 Å². The van der Waals surface area contributed by atoms with Crippen molar-refractivity contribution in [2.24, 2.45) is 18.7 Å². The van der Waals surface area contributed by atoms with Gasteiger partial charge >= 0.3 is 0 Å². The topological polar surface area (TPSA) is 72.9 Å². The lowest BCUT2D eigenvalue weighted by Gasteiger charge is -2.18. The van der Waals surface area contributed by atoms with Crippen LogP contribution in [0.15, 0.2) is 6.20 Å². The summed E-state index contributed by atoms with van der Waals surface area (Å²) in [5.41, 5.74) is 8.17. The molecule has 1 aliphatic carbocycles. The molecule has 1 unspecified atom stereocenters. The van der Waals surface area contributed by atoms with Gasteiger partial charge in [-0.2, -0.15) is 5.10 Å². The minimum atomic E-state index is -0.00109. The third-order valence-corrected chi connectivity index (χ3v) is 4.28. The molecule has 6 heteroatoms. The van der Waals surface area contributed by atoms with Crippen LogP contribution in [0.4, 0.5) is 0 Å². The fourth-order valence-electron chi connectivity index (χ4n) is 2.88. The molecule has 0 saturated heterocycles. The molecule has 20 heavy (non-hydrogen) atoms. The summed E-state index contributed by atoms with van der Waals surface area (Å²) in [4.78, 5) is 12.1. The largest absolute Gasteiger partial charge is 0.349 e. The van der Waals surface area contributed by atoms with Crippen molar-refractivity contribution in [3.63, 3.8) is 0 Å². The summed E-state index contributed by atoms with van der Waals surface area (Å²) in [6, 6.07) is 0.194. The molecular formula is C14H25ClN4O. The second-order valence-electron chi connectivity index (χ2n) is 5.66. The number of hydrogen-bond donors (Lipinski definition) is 2. The van der Waals surface area contributed by atoms with E-state index in [9.17, 15) is 4.79 Å². The fraction of sp³-hybridized carbons (Fsp3) is 0.714. The number of aromatic nitrogens is 2. The number of rotatable bonds is 4. The third-order valence-electron chi connectivity index (χ3n) is 4.28. The van der Waals surface area contributed by atoms with E-state index < -0.39 is 0 Å². The minimum Gasteiger partial charge on any atom is -0.349 e. The van der Waals surface area contributed by atoms with Crippen molar-refractivity contribution in [2.75, 3.05) is 0 Å². The molecule has 1 heterocycles. The molecule has 114 valence electrons. The molecular weight excluding hydrogens is 276 g/mol. The highest BCUT2D eigenvalue weighted by Crippen LogP contribution is 2.27. The van der Waals surface area contributed by atoms with E-state index in [0.717, 1.165) is 30.5 Å². The number of halogens is 1. The van der Waals surface area contributed by atoms with Crippen molar-refractivity contribution in [3.05, 3.63) is 17.5 Å². The maximum absolute atomic E-state index is 12.1. The Morgan fingerprint density at radius 2 is 2.30 bits per heavy atom. The molecule has 0 bridgehead atoms. The number of nitrogens with one attached hydrogen (secondary N) is 1. The minimum absolute atomic E-state index is 0. The van der Waals surface area contributed by atoms with Crippen molar-refractivity contribution in [1.82, 2.24) is 15.1 Å². The van der Waals surface area contributed by atoms with Gasteiger partial charge in [0, 0.05) is 30.8 Å². The van der Waals surface area contributed by atoms with Crippen molar-refractivity contribution in [1.29, 1.82) is 0 Å². The van der Waals surface area contributed by atoms with Crippen molar-refractivity contribution < 1.29 is 4.79 Å². The molecule has 1 aliphatic rings. The van der Waals surface area contributed by atoms with Gasteiger partial charge in [-0.15, -0.1) is 12.4 Å². The van der Waals surface area contributed by atoms with Crippen LogP contribution in [-0.4, -0.2) is 21.7 Å². The predicted octanol–water partition coefficient (Wildman–Crippen LogP) is 1.85. The van der Waals surface area contributed by atoms with Crippen molar-refractivity contribution in [2.45, 2.75) is 51.6 Å². The van der Waals surface area contributed by atoms with Crippen LogP contribution in [0.2, 0.25) is 0 Å². The van der Waals surface area contributed by atoms with Crippen LogP contribution >= 0.6 is 12.4 Å². The summed E-state index contributed by atoms with van der Waals surface area (Å²) in [6.07, 6.45) is 5.65. The number of aryl methyl sites for hydroxylation is 1. The molecule has 2 rings (SSSR count). The van der Waals surface area contributed by atoms with Gasteiger partial charge in [0.2, 0.25) is 5.91 Å². The maximum Gasteiger partial charge on any atom is 0.220 e. The highest BCUT2D eigenvalue weighted by atomic mass is 35.5. The second kappa shape index (κ2) is 7.09. The zero-order valence-electron chi connectivity index (χ0n) is 12.4. The zero-order valence-corrected chi connectivity index (χ0v) is 13.2. The Morgan fingerprint density at radius 3 is 2.80 bits per heavy atom. The summed E-state index contributed by atoms with van der Waals surface area (Å²) < 4.78 is 1.82. The molecule has 1 aromatic heterocycles. The number of carbonyl (C=O) groups is 1. The molecule has 0 radical (unpaired) electrons. The predicted molar refractivity (Wildman–Crippen MR) is 81.7 cm³/mol. The monoisotopic (exact) mass is 300 g/mol. The van der Waals surface area contributed by atoms with E-state index in [4.69, 9.17) is 5.73 Å². The van der Waals surface area contributed by atoms with Gasteiger partial charge < -0.3 is 11.1 Å². The van der Waals surface area contributed by atoms with Gasteiger partial charge in [-0.25, -0.2) is 0 Å². The van der Waals surface area contributed by atoms with Crippen LogP contribution in [0, 0.1) is 12.8 Å². The molecule has 0 spiro atoms. The Labute approximate surface area is 126 Å². The molecule has 1 aromatic rings. The van der Waals surface area contributed by atoms with E-state index in [0.29, 0.717) is 12.3 Å². The van der Waals surface area contributed by atoms with E-state index in [1.54, 1.807) is 0 Å². The first-order valence-corrected chi connectivity index (χ1v) is 7.02. The first kappa shape index (κ1) is 17.0. The average Bonchev–Trinajstić information content (AvgIpc) is 2.88. The van der Waals surface area contributed by atoms with E-state index in [-0.39, 0.29) is 30.4 Å². The fourth-order valence-corrected chi connectivity index (χ4v) is 2.88. The Balaban J connectivity index is 0.00000200. The number of carbonyl (C=O) groups excluding carboxylic acids is 1. The molecule has 0 aliphatic heterocycles. The van der Waals surface area contributed by atoms with E-state index in [2.05, 4.69) is 10.4 Å². The lowest BCUT2D eigenvalue weighted by Crippen LogP contribution is -2.33. The van der Waals surface area contributed by atoms with Crippen molar-refractivity contribution in [3.8, 4) is 0 Å². The number of nitrogens with two attached hydrogens (primary N) is 1. The second-order valence-corrected chi connectivity index (χ2v) is 5.66. The zero-order chi connectivity index (χ0) is 14.0.